The minimum Gasteiger partial charge on any atom is -1.00 e. The molecule has 0 radical (unpaired) electrons. The molecule has 0 heterocycles. The summed E-state index contributed by atoms with van der Waals surface area (Å²) in [4.78, 5) is 0. The summed E-state index contributed by atoms with van der Waals surface area (Å²) in [6.07, 6.45) is 6.31. The number of halogens is 7. The van der Waals surface area contributed by atoms with Crippen LogP contribution >= 0.6 is 0 Å². The fraction of sp³-hybridized carbons (Fsp3) is 0.385. The maximum Gasteiger partial charge on any atom is -1.00 e. The van der Waals surface area contributed by atoms with Gasteiger partial charge < -0.3 is 24.8 Å². The SMILES string of the molecule is Cc1c(C2=CC=CC2)c(C(C)(C)C)c([O][Ti+2])c(C(C)(C)C)c1-c1c(F)c(F)c(F)c(F)c1F.[Cl-].[Cl-]. The smallest absolute Gasteiger partial charge is 1.00 e. The number of allylic oxidation sites excluding steroid dienone is 4. The van der Waals surface area contributed by atoms with Crippen LogP contribution in [0.1, 0.15) is 70.2 Å². The average molecular weight is 568 g/mol. The Labute approximate surface area is 227 Å². The van der Waals surface area contributed by atoms with Crippen LogP contribution in [-0.2, 0) is 31.7 Å². The molecule has 0 saturated carbocycles. The Kier molecular flexibility index (Phi) is 9.92. The minimum absolute atomic E-state index is 0. The molecule has 2 aromatic rings. The van der Waals surface area contributed by atoms with Crippen LogP contribution in [0.5, 0.6) is 5.75 Å². The molecule has 189 valence electrons. The van der Waals surface area contributed by atoms with E-state index < -0.39 is 45.5 Å². The number of hydrogen-bond donors (Lipinski definition) is 0. The van der Waals surface area contributed by atoms with Crippen molar-refractivity contribution >= 4 is 5.57 Å². The van der Waals surface area contributed by atoms with E-state index in [1.165, 1.54) is 20.8 Å². The monoisotopic (exact) mass is 567 g/mol. The van der Waals surface area contributed by atoms with Crippen molar-refractivity contribution in [1.29, 1.82) is 0 Å². The van der Waals surface area contributed by atoms with Gasteiger partial charge in [-0.05, 0) is 0 Å². The number of benzene rings is 2. The molecule has 0 unspecified atom stereocenters. The fourth-order valence-corrected chi connectivity index (χ4v) is 4.87. The van der Waals surface area contributed by atoms with Gasteiger partial charge in [-0.1, -0.05) is 0 Å². The molecule has 0 amide bonds. The minimum atomic E-state index is -2.18. The second-order valence-corrected chi connectivity index (χ2v) is 10.6. The Hall–Kier alpha value is -1.34. The Balaban J connectivity index is 0.00000306. The van der Waals surface area contributed by atoms with Gasteiger partial charge in [0.15, 0.2) is 0 Å². The summed E-state index contributed by atoms with van der Waals surface area (Å²) in [6.45, 7) is 13.1. The molecule has 0 spiro atoms. The predicted molar refractivity (Wildman–Crippen MR) is 116 cm³/mol. The zero-order valence-corrected chi connectivity index (χ0v) is 23.6. The van der Waals surface area contributed by atoms with Gasteiger partial charge in [-0.15, -0.1) is 0 Å². The van der Waals surface area contributed by atoms with E-state index in [4.69, 9.17) is 3.32 Å². The van der Waals surface area contributed by atoms with Crippen LogP contribution < -0.4 is 28.1 Å². The Bertz CT molecular complexity index is 1180. The maximum atomic E-state index is 15.1. The van der Waals surface area contributed by atoms with Crippen LogP contribution in [0.2, 0.25) is 0 Å². The van der Waals surface area contributed by atoms with Crippen molar-refractivity contribution in [1.82, 2.24) is 0 Å². The molecule has 0 bridgehead atoms. The zero-order valence-electron chi connectivity index (χ0n) is 20.5. The fourth-order valence-electron chi connectivity index (χ4n) is 4.56. The van der Waals surface area contributed by atoms with Crippen LogP contribution in [0.3, 0.4) is 0 Å². The molecule has 0 saturated heterocycles. The molecule has 35 heavy (non-hydrogen) atoms. The van der Waals surface area contributed by atoms with E-state index in [1.54, 1.807) is 6.92 Å². The number of hydrogen-bond acceptors (Lipinski definition) is 1. The largest absolute Gasteiger partial charge is 1.00 e. The first-order valence-corrected chi connectivity index (χ1v) is 11.2. The van der Waals surface area contributed by atoms with Crippen LogP contribution in [0, 0.1) is 36.0 Å². The Morgan fingerprint density at radius 2 is 1.14 bits per heavy atom. The van der Waals surface area contributed by atoms with E-state index in [0.29, 0.717) is 28.9 Å². The van der Waals surface area contributed by atoms with Crippen molar-refractivity contribution in [2.24, 2.45) is 0 Å². The summed E-state index contributed by atoms with van der Waals surface area (Å²) in [5.41, 5.74) is 1.13. The molecule has 0 atom stereocenters. The maximum absolute atomic E-state index is 15.1. The average Bonchev–Trinajstić information content (AvgIpc) is 3.24. The van der Waals surface area contributed by atoms with Crippen LogP contribution in [-0.4, -0.2) is 0 Å². The van der Waals surface area contributed by atoms with E-state index in [0.717, 1.165) is 11.1 Å². The first-order valence-electron chi connectivity index (χ1n) is 10.6. The molecule has 2 aromatic carbocycles. The third-order valence-electron chi connectivity index (χ3n) is 5.86. The van der Waals surface area contributed by atoms with Crippen molar-refractivity contribution in [3.8, 4) is 16.9 Å². The van der Waals surface area contributed by atoms with Crippen molar-refractivity contribution in [3.63, 3.8) is 0 Å². The van der Waals surface area contributed by atoms with Crippen LogP contribution in [0.25, 0.3) is 16.7 Å². The Morgan fingerprint density at radius 3 is 1.51 bits per heavy atom. The van der Waals surface area contributed by atoms with Crippen molar-refractivity contribution in [2.75, 3.05) is 0 Å². The first kappa shape index (κ1) is 31.7. The third-order valence-corrected chi connectivity index (χ3v) is 6.18. The van der Waals surface area contributed by atoms with Gasteiger partial charge >= 0.3 is 204 Å². The van der Waals surface area contributed by atoms with Gasteiger partial charge in [0.05, 0.1) is 0 Å². The summed E-state index contributed by atoms with van der Waals surface area (Å²) in [6, 6.07) is 0. The van der Waals surface area contributed by atoms with Crippen LogP contribution in [0.15, 0.2) is 18.2 Å². The zero-order chi connectivity index (χ0) is 25.0. The van der Waals surface area contributed by atoms with Gasteiger partial charge in [-0.3, -0.25) is 0 Å². The molecule has 1 nitrogen and oxygen atoms in total. The standard InChI is InChI=1S/C26H27F5O.2ClH.Ti/c1-12-14(13-10-8-9-11-13)17(25(2,3)4)24(32)18(26(5,6)7)15(12)16-19(27)21(29)23(31)22(30)20(16)28;;;/h8-10,32H,11H2,1-7H3;2*1H;/q;;;+3/p-3. The van der Waals surface area contributed by atoms with Crippen molar-refractivity contribution in [2.45, 2.75) is 65.7 Å². The summed E-state index contributed by atoms with van der Waals surface area (Å²) >= 11 is 1.46. The molecule has 0 aliphatic heterocycles. The van der Waals surface area contributed by atoms with Crippen molar-refractivity contribution in [3.05, 3.63) is 69.6 Å². The van der Waals surface area contributed by atoms with Gasteiger partial charge in [0.25, 0.3) is 0 Å². The molecule has 9 heteroatoms. The van der Waals surface area contributed by atoms with E-state index >= 15 is 8.78 Å². The summed E-state index contributed by atoms with van der Waals surface area (Å²) in [5.74, 6) is -9.42. The normalized spacial score (nSPS) is 13.4. The van der Waals surface area contributed by atoms with E-state index in [2.05, 4.69) is 0 Å². The molecule has 3 rings (SSSR count). The molecular formula is C26H26Cl2F5OTi. The topological polar surface area (TPSA) is 9.23 Å². The summed E-state index contributed by atoms with van der Waals surface area (Å²) < 4.78 is 78.6. The van der Waals surface area contributed by atoms with Gasteiger partial charge in [0, 0.05) is 0 Å². The van der Waals surface area contributed by atoms with Gasteiger partial charge in [0.1, 0.15) is 0 Å². The van der Waals surface area contributed by atoms with Gasteiger partial charge in [-0.2, -0.15) is 0 Å². The summed E-state index contributed by atoms with van der Waals surface area (Å²) in [5, 5.41) is 0. The third kappa shape index (κ3) is 5.36. The molecule has 1 aliphatic carbocycles. The molecule has 0 aromatic heterocycles. The number of rotatable bonds is 3. The second kappa shape index (κ2) is 11.0. The molecular weight excluding hydrogens is 542 g/mol. The first-order chi connectivity index (χ1) is 15.1. The quantitative estimate of drug-likeness (QED) is 0.239. The molecule has 0 fully saturated rings. The summed E-state index contributed by atoms with van der Waals surface area (Å²) in [7, 11) is 0. The van der Waals surface area contributed by atoms with Crippen LogP contribution in [0.4, 0.5) is 22.0 Å². The van der Waals surface area contributed by atoms with E-state index in [1.807, 2.05) is 59.8 Å². The predicted octanol–water partition coefficient (Wildman–Crippen LogP) is 2.14. The van der Waals surface area contributed by atoms with Gasteiger partial charge in [0.2, 0.25) is 0 Å². The Morgan fingerprint density at radius 1 is 0.714 bits per heavy atom. The second-order valence-electron chi connectivity index (χ2n) is 10.3. The molecule has 0 N–H and O–H groups in total. The van der Waals surface area contributed by atoms with Crippen molar-refractivity contribution < 1.29 is 70.9 Å². The molecule has 1 aliphatic rings. The van der Waals surface area contributed by atoms with Gasteiger partial charge in [-0.25, -0.2) is 0 Å². The van der Waals surface area contributed by atoms with E-state index in [9.17, 15) is 13.2 Å². The van der Waals surface area contributed by atoms with E-state index in [-0.39, 0.29) is 30.4 Å².